The van der Waals surface area contributed by atoms with E-state index >= 15 is 0 Å². The number of hydrogen-bond donors (Lipinski definition) is 0. The number of hydrogen-bond acceptors (Lipinski definition) is 6. The van der Waals surface area contributed by atoms with Crippen molar-refractivity contribution in [3.05, 3.63) is 0 Å². The number of nitrogens with zero attached hydrogens (tertiary/aromatic N) is 9. The Labute approximate surface area is 219 Å². The van der Waals surface area contributed by atoms with E-state index in [9.17, 15) is 0 Å². The average molecular weight is 584 g/mol. The molecule has 0 rings (SSSR count). The van der Waals surface area contributed by atoms with Crippen molar-refractivity contribution in [1.82, 2.24) is 15.0 Å². The molecule has 10 heteroatoms. The van der Waals surface area contributed by atoms with Crippen LogP contribution in [-0.2, 0) is 0 Å². The summed E-state index contributed by atoms with van der Waals surface area (Å²) in [6, 6.07) is 0. The summed E-state index contributed by atoms with van der Waals surface area (Å²) in [5, 5.41) is 20.1. The van der Waals surface area contributed by atoms with E-state index in [1.807, 2.05) is 15.0 Å². The Morgan fingerprint density at radius 2 is 0.471 bits per heavy atom. The van der Waals surface area contributed by atoms with Crippen molar-refractivity contribution < 1.29 is 0 Å². The molecular formula is C24H54InN9. The van der Waals surface area contributed by atoms with Gasteiger partial charge in [0, 0.05) is 0 Å². The Morgan fingerprint density at radius 3 is 0.588 bits per heavy atom. The van der Waals surface area contributed by atoms with Gasteiger partial charge in [0.1, 0.15) is 0 Å². The molecule has 0 aliphatic carbocycles. The van der Waals surface area contributed by atoms with Gasteiger partial charge in [0.25, 0.3) is 0 Å². The van der Waals surface area contributed by atoms with Crippen LogP contribution in [0.15, 0.2) is 25.0 Å². The van der Waals surface area contributed by atoms with Crippen molar-refractivity contribution in [2.45, 2.75) is 158 Å². The fraction of sp³-hybridized carbons (Fsp3) is 1.00. The van der Waals surface area contributed by atoms with Gasteiger partial charge in [-0.3, -0.25) is 0 Å². The van der Waals surface area contributed by atoms with E-state index in [4.69, 9.17) is 9.31 Å². The van der Waals surface area contributed by atoms with Crippen LogP contribution in [0, 0.1) is 0 Å². The van der Waals surface area contributed by atoms with Crippen LogP contribution in [0.2, 0.25) is 0 Å². The first-order valence-electron chi connectivity index (χ1n) is 12.3. The predicted molar refractivity (Wildman–Crippen MR) is 144 cm³/mol. The van der Waals surface area contributed by atoms with E-state index in [1.165, 1.54) is 0 Å². The molecule has 0 unspecified atom stereocenters. The summed E-state index contributed by atoms with van der Waals surface area (Å²) in [5.41, 5.74) is -1.18. The first kappa shape index (κ1) is 33.1. The van der Waals surface area contributed by atoms with Crippen LogP contribution in [0.25, 0.3) is 0 Å². The summed E-state index contributed by atoms with van der Waals surface area (Å²) in [6.45, 7) is 38.4. The average Bonchev–Trinajstić information content (AvgIpc) is 2.46. The van der Waals surface area contributed by atoms with Gasteiger partial charge in [0.2, 0.25) is 0 Å². The topological polar surface area (TPSA) is 83.9 Å². The van der Waals surface area contributed by atoms with Crippen LogP contribution in [-0.4, -0.2) is 70.6 Å². The van der Waals surface area contributed by atoms with Crippen molar-refractivity contribution in [3.63, 3.8) is 0 Å². The molecule has 0 N–H and O–H groups in total. The molecular weight excluding hydrogens is 529 g/mol. The summed E-state index contributed by atoms with van der Waals surface area (Å²) in [5.74, 6) is 0. The second-order valence-electron chi connectivity index (χ2n) is 14.9. The molecule has 0 fully saturated rings. The van der Waals surface area contributed by atoms with Crippen LogP contribution >= 0.6 is 0 Å². The molecule has 0 amide bonds. The van der Waals surface area contributed by atoms with Crippen LogP contribution in [0.4, 0.5) is 0 Å². The van der Waals surface area contributed by atoms with Gasteiger partial charge in [-0.25, -0.2) is 0 Å². The van der Waals surface area contributed by atoms with Crippen molar-refractivity contribution in [3.8, 4) is 0 Å². The molecule has 0 saturated carbocycles. The van der Waals surface area contributed by atoms with Gasteiger partial charge in [-0.2, -0.15) is 0 Å². The molecule has 0 atom stereocenters. The van der Waals surface area contributed by atoms with Gasteiger partial charge in [0.05, 0.1) is 0 Å². The molecule has 0 aromatic rings. The second-order valence-corrected chi connectivity index (χ2v) is 18.9. The first-order chi connectivity index (χ1) is 14.7. The Kier molecular flexibility index (Phi) is 10.7. The predicted octanol–water partition coefficient (Wildman–Crippen LogP) is 7.77. The molecule has 0 bridgehead atoms. The minimum atomic E-state index is -3.44. The van der Waals surface area contributed by atoms with Crippen molar-refractivity contribution >= 4 is 22.3 Å². The molecule has 198 valence electrons. The van der Waals surface area contributed by atoms with E-state index in [0.29, 0.717) is 0 Å². The summed E-state index contributed by atoms with van der Waals surface area (Å²) < 4.78 is 14.1. The van der Waals surface area contributed by atoms with E-state index in [2.05, 4.69) is 140 Å². The summed E-state index contributed by atoms with van der Waals surface area (Å²) in [7, 11) is 0. The third-order valence-corrected chi connectivity index (χ3v) is 7.20. The van der Waals surface area contributed by atoms with Gasteiger partial charge in [-0.05, 0) is 0 Å². The van der Waals surface area contributed by atoms with Gasteiger partial charge in [-0.1, -0.05) is 0 Å². The zero-order valence-corrected chi connectivity index (χ0v) is 28.9. The quantitative estimate of drug-likeness (QED) is 0.237. The molecule has 0 aromatic carbocycles. The molecule has 0 saturated heterocycles. The van der Waals surface area contributed by atoms with Crippen molar-refractivity contribution in [2.24, 2.45) is 25.0 Å². The monoisotopic (exact) mass is 583 g/mol. The van der Waals surface area contributed by atoms with E-state index in [1.54, 1.807) is 0 Å². The molecule has 34 heavy (non-hydrogen) atoms. The first-order valence-corrected chi connectivity index (χ1v) is 16.7. The Hall–Kier alpha value is -0.930. The maximum absolute atomic E-state index is 4.72. The zero-order chi connectivity index (χ0) is 27.6. The Bertz CT molecular complexity index is 577. The van der Waals surface area contributed by atoms with Crippen LogP contribution < -0.4 is 0 Å². The van der Waals surface area contributed by atoms with Crippen molar-refractivity contribution in [2.75, 3.05) is 0 Å². The minimum absolute atomic E-state index is 0.196. The van der Waals surface area contributed by atoms with Crippen LogP contribution in [0.1, 0.15) is 125 Å². The molecule has 0 aromatic heterocycles. The third kappa shape index (κ3) is 11.2. The van der Waals surface area contributed by atoms with E-state index in [-0.39, 0.29) is 33.2 Å². The molecule has 0 aliphatic rings. The third-order valence-electron chi connectivity index (χ3n) is 4.55. The van der Waals surface area contributed by atoms with Crippen LogP contribution in [0.3, 0.4) is 0 Å². The van der Waals surface area contributed by atoms with E-state index < -0.39 is 22.3 Å². The molecule has 0 spiro atoms. The van der Waals surface area contributed by atoms with Gasteiger partial charge in [0.15, 0.2) is 0 Å². The normalized spacial score (nSPS) is 15.0. The van der Waals surface area contributed by atoms with Gasteiger partial charge in [-0.15, -0.1) is 0 Å². The fourth-order valence-electron chi connectivity index (χ4n) is 4.19. The van der Waals surface area contributed by atoms with Crippen molar-refractivity contribution in [1.29, 1.82) is 0 Å². The number of rotatable bonds is 6. The second kappa shape index (κ2) is 11.0. The van der Waals surface area contributed by atoms with Crippen LogP contribution in [0.5, 0.6) is 0 Å². The Morgan fingerprint density at radius 1 is 0.324 bits per heavy atom. The molecule has 9 nitrogen and oxygen atoms in total. The molecule has 0 heterocycles. The SMILES string of the molecule is CC(C)(C)N(N=[N][In]([N]=NN(C(C)(C)C)C(C)(C)C)[N]=NN(C(C)(C)C)C(C)(C)C)C(C)(C)C. The molecule has 0 aliphatic heterocycles. The summed E-state index contributed by atoms with van der Waals surface area (Å²) in [4.78, 5) is 0. The van der Waals surface area contributed by atoms with Gasteiger partial charge >= 0.3 is 220 Å². The summed E-state index contributed by atoms with van der Waals surface area (Å²) in [6.07, 6.45) is 0. The fourth-order valence-corrected chi connectivity index (χ4v) is 6.26. The maximum atomic E-state index is 4.72. The zero-order valence-electron chi connectivity index (χ0n) is 25.6. The Balaban J connectivity index is 6.52. The summed E-state index contributed by atoms with van der Waals surface area (Å²) >= 11 is -3.44. The van der Waals surface area contributed by atoms with Gasteiger partial charge < -0.3 is 0 Å². The molecule has 0 radical (unpaired) electrons. The van der Waals surface area contributed by atoms with E-state index in [0.717, 1.165) is 0 Å². The standard InChI is InChI=1S/3C8H18N3.In/c3*1-7(2,3)11(10-9)8(4,5)6;/h3*1-6H3;/q3*-1;+3.